The maximum Gasteiger partial charge on any atom is 0.324 e. The Bertz CT molecular complexity index is 106. The number of hydrazine groups is 1. The summed E-state index contributed by atoms with van der Waals surface area (Å²) in [6.07, 6.45) is 0. The smallest absolute Gasteiger partial charge is 0.324 e. The molecule has 9 heavy (non-hydrogen) atoms. The molecule has 0 fully saturated rings. The number of nitrogens with zero attached hydrogens (tertiary/aromatic N) is 1. The van der Waals surface area contributed by atoms with Gasteiger partial charge in [-0.1, -0.05) is 0 Å². The van der Waals surface area contributed by atoms with Crippen molar-refractivity contribution in [2.75, 3.05) is 7.05 Å². The number of nitrogens with one attached hydrogen (secondary N) is 1. The zero-order chi connectivity index (χ0) is 7.44. The predicted molar refractivity (Wildman–Crippen MR) is 29.8 cm³/mol. The lowest BCUT2D eigenvalue weighted by atomic mass is 10.4. The van der Waals surface area contributed by atoms with Gasteiger partial charge in [-0.05, 0) is 6.92 Å². The van der Waals surface area contributed by atoms with E-state index < -0.39 is 12.0 Å². The minimum Gasteiger partial charge on any atom is -0.480 e. The third-order valence-corrected chi connectivity index (χ3v) is 0.953. The number of carboxylic acid groups (broad SMARTS) is 1. The molecule has 5 heteroatoms. The molecule has 0 rings (SSSR count). The number of carboxylic acids is 1. The number of hydrogen-bond acceptors (Lipinski definition) is 4. The summed E-state index contributed by atoms with van der Waals surface area (Å²) >= 11 is 0. The molecule has 0 radical (unpaired) electrons. The number of rotatable bonds is 3. The molecule has 0 saturated carbocycles. The van der Waals surface area contributed by atoms with Crippen LogP contribution >= 0.6 is 0 Å². The van der Waals surface area contributed by atoms with Gasteiger partial charge in [-0.3, -0.25) is 10.0 Å². The Morgan fingerprint density at radius 2 is 2.22 bits per heavy atom. The molecular formula is C4H10N2O3. The van der Waals surface area contributed by atoms with Gasteiger partial charge in [0, 0.05) is 7.05 Å². The molecule has 1 unspecified atom stereocenters. The Morgan fingerprint density at radius 1 is 1.78 bits per heavy atom. The van der Waals surface area contributed by atoms with Gasteiger partial charge in [-0.25, -0.2) is 5.43 Å². The first-order chi connectivity index (χ1) is 4.09. The third-order valence-electron chi connectivity index (χ3n) is 0.953. The van der Waals surface area contributed by atoms with Gasteiger partial charge < -0.3 is 5.11 Å². The average Bonchev–Trinajstić information content (AvgIpc) is 1.84. The summed E-state index contributed by atoms with van der Waals surface area (Å²) < 4.78 is 0. The summed E-state index contributed by atoms with van der Waals surface area (Å²) in [6.45, 7) is 1.36. The highest BCUT2D eigenvalue weighted by Crippen LogP contribution is 1.87. The second-order valence-corrected chi connectivity index (χ2v) is 1.58. The van der Waals surface area contributed by atoms with Gasteiger partial charge >= 0.3 is 5.97 Å². The second kappa shape index (κ2) is 3.39. The van der Waals surface area contributed by atoms with E-state index in [1.54, 1.807) is 0 Å². The Kier molecular flexibility index (Phi) is 3.15. The standard InChI is InChI=1S/C4H10N2O3/c1-3(4(7)8)6(9)5-2/h3,5,9H,1-2H3,(H,7,8). The van der Waals surface area contributed by atoms with Crippen molar-refractivity contribution >= 4 is 5.97 Å². The fourth-order valence-electron chi connectivity index (χ4n) is 0.298. The first kappa shape index (κ1) is 8.35. The quantitative estimate of drug-likeness (QED) is 0.444. The highest BCUT2D eigenvalue weighted by atomic mass is 16.5. The number of hydroxylamine groups is 1. The zero-order valence-corrected chi connectivity index (χ0v) is 5.33. The molecule has 0 aromatic rings. The van der Waals surface area contributed by atoms with E-state index in [0.29, 0.717) is 5.17 Å². The van der Waals surface area contributed by atoms with Crippen LogP contribution in [0.5, 0.6) is 0 Å². The lowest BCUT2D eigenvalue weighted by Gasteiger charge is -2.16. The summed E-state index contributed by atoms with van der Waals surface area (Å²) in [7, 11) is 1.43. The van der Waals surface area contributed by atoms with Crippen LogP contribution in [0.2, 0.25) is 0 Å². The molecule has 3 N–H and O–H groups in total. The van der Waals surface area contributed by atoms with Crippen LogP contribution in [0.1, 0.15) is 6.92 Å². The van der Waals surface area contributed by atoms with Crippen molar-refractivity contribution in [3.63, 3.8) is 0 Å². The summed E-state index contributed by atoms with van der Waals surface area (Å²) in [6, 6.07) is -0.921. The lowest BCUT2D eigenvalue weighted by Crippen LogP contribution is -2.43. The van der Waals surface area contributed by atoms with Crippen molar-refractivity contribution in [1.29, 1.82) is 0 Å². The number of aliphatic carboxylic acids is 1. The Hall–Kier alpha value is -0.650. The van der Waals surface area contributed by atoms with E-state index in [9.17, 15) is 4.79 Å². The topological polar surface area (TPSA) is 72.8 Å². The van der Waals surface area contributed by atoms with Gasteiger partial charge in [0.2, 0.25) is 0 Å². The maximum absolute atomic E-state index is 10.1. The van der Waals surface area contributed by atoms with Crippen LogP contribution in [-0.2, 0) is 4.79 Å². The molecule has 0 aliphatic carbocycles. The fourth-order valence-corrected chi connectivity index (χ4v) is 0.298. The zero-order valence-electron chi connectivity index (χ0n) is 5.33. The molecular weight excluding hydrogens is 124 g/mol. The van der Waals surface area contributed by atoms with Crippen LogP contribution in [0.25, 0.3) is 0 Å². The summed E-state index contributed by atoms with van der Waals surface area (Å²) in [5, 5.41) is 17.4. The van der Waals surface area contributed by atoms with Crippen molar-refractivity contribution in [1.82, 2.24) is 10.6 Å². The summed E-state index contributed by atoms with van der Waals surface area (Å²) in [4.78, 5) is 10.1. The van der Waals surface area contributed by atoms with E-state index in [0.717, 1.165) is 0 Å². The average molecular weight is 134 g/mol. The Morgan fingerprint density at radius 3 is 2.33 bits per heavy atom. The van der Waals surface area contributed by atoms with E-state index >= 15 is 0 Å². The minimum absolute atomic E-state index is 0.516. The molecule has 5 nitrogen and oxygen atoms in total. The first-order valence-corrected chi connectivity index (χ1v) is 2.48. The number of hydrogen-bond donors (Lipinski definition) is 3. The van der Waals surface area contributed by atoms with E-state index in [4.69, 9.17) is 10.3 Å². The monoisotopic (exact) mass is 134 g/mol. The van der Waals surface area contributed by atoms with E-state index in [1.165, 1.54) is 14.0 Å². The first-order valence-electron chi connectivity index (χ1n) is 2.48. The molecule has 0 aromatic carbocycles. The van der Waals surface area contributed by atoms with Crippen molar-refractivity contribution in [3.8, 4) is 0 Å². The summed E-state index contributed by atoms with van der Waals surface area (Å²) in [5.41, 5.74) is 2.25. The minimum atomic E-state index is -1.08. The van der Waals surface area contributed by atoms with Gasteiger partial charge in [0.15, 0.2) is 0 Å². The number of carbonyl (C=O) groups is 1. The van der Waals surface area contributed by atoms with Crippen molar-refractivity contribution in [2.24, 2.45) is 0 Å². The van der Waals surface area contributed by atoms with Gasteiger partial charge in [0.05, 0.1) is 0 Å². The molecule has 0 amide bonds. The Balaban J connectivity index is 3.72. The molecule has 1 atom stereocenters. The second-order valence-electron chi connectivity index (χ2n) is 1.58. The molecule has 0 aromatic heterocycles. The van der Waals surface area contributed by atoms with Gasteiger partial charge in [-0.15, -0.1) is 5.17 Å². The Labute approximate surface area is 52.8 Å². The van der Waals surface area contributed by atoms with Crippen molar-refractivity contribution < 1.29 is 15.1 Å². The highest BCUT2D eigenvalue weighted by Gasteiger charge is 2.16. The van der Waals surface area contributed by atoms with Crippen molar-refractivity contribution in [3.05, 3.63) is 0 Å². The molecule has 0 saturated heterocycles. The van der Waals surface area contributed by atoms with Crippen molar-refractivity contribution in [2.45, 2.75) is 13.0 Å². The molecule has 0 spiro atoms. The SMILES string of the molecule is CNN(O)C(C)C(=O)O. The molecule has 0 bridgehead atoms. The molecule has 0 aliphatic heterocycles. The summed E-state index contributed by atoms with van der Waals surface area (Å²) in [5.74, 6) is -1.08. The van der Waals surface area contributed by atoms with Crippen LogP contribution in [0.4, 0.5) is 0 Å². The normalized spacial score (nSPS) is 13.8. The van der Waals surface area contributed by atoms with Crippen LogP contribution in [-0.4, -0.2) is 34.5 Å². The van der Waals surface area contributed by atoms with E-state index in [2.05, 4.69) is 5.43 Å². The van der Waals surface area contributed by atoms with Gasteiger partial charge in [-0.2, -0.15) is 0 Å². The molecule has 0 aliphatic rings. The fraction of sp³-hybridized carbons (Fsp3) is 0.750. The van der Waals surface area contributed by atoms with Gasteiger partial charge in [0.1, 0.15) is 6.04 Å². The van der Waals surface area contributed by atoms with Crippen LogP contribution in [0.15, 0.2) is 0 Å². The van der Waals surface area contributed by atoms with Crippen LogP contribution in [0.3, 0.4) is 0 Å². The third kappa shape index (κ3) is 2.41. The van der Waals surface area contributed by atoms with E-state index in [-0.39, 0.29) is 0 Å². The molecule has 54 valence electrons. The van der Waals surface area contributed by atoms with Crippen LogP contribution < -0.4 is 5.43 Å². The van der Waals surface area contributed by atoms with Crippen LogP contribution in [0, 0.1) is 0 Å². The highest BCUT2D eigenvalue weighted by molar-refractivity contribution is 5.72. The van der Waals surface area contributed by atoms with Gasteiger partial charge in [0.25, 0.3) is 0 Å². The predicted octanol–water partition coefficient (Wildman–Crippen LogP) is -0.715. The van der Waals surface area contributed by atoms with E-state index in [1.807, 2.05) is 0 Å². The lowest BCUT2D eigenvalue weighted by molar-refractivity contribution is -0.183. The molecule has 0 heterocycles. The maximum atomic E-state index is 10.1. The largest absolute Gasteiger partial charge is 0.480 e.